The normalized spacial score (nSPS) is 44.8. The summed E-state index contributed by atoms with van der Waals surface area (Å²) in [5, 5.41) is 12.1. The van der Waals surface area contributed by atoms with E-state index < -0.39 is 0 Å². The molecular weight excluding hydrogens is 154 g/mol. The van der Waals surface area contributed by atoms with Crippen LogP contribution in [-0.2, 0) is 4.79 Å². The second kappa shape index (κ2) is 2.73. The number of nitrogens with one attached hydrogen (secondary N) is 1. The van der Waals surface area contributed by atoms with Gasteiger partial charge in [0.1, 0.15) is 0 Å². The minimum Gasteiger partial charge on any atom is -0.391 e. The molecule has 12 heavy (non-hydrogen) atoms. The number of carbonyl (C=O) groups is 1. The summed E-state index contributed by atoms with van der Waals surface area (Å²) in [6.45, 7) is 2.08. The van der Waals surface area contributed by atoms with Gasteiger partial charge in [0.05, 0.1) is 12.1 Å². The molecule has 0 unspecified atom stereocenters. The van der Waals surface area contributed by atoms with E-state index in [9.17, 15) is 9.90 Å². The van der Waals surface area contributed by atoms with Crippen molar-refractivity contribution < 1.29 is 9.90 Å². The third-order valence-electron chi connectivity index (χ3n) is 3.01. The summed E-state index contributed by atoms with van der Waals surface area (Å²) in [6.07, 6.45) is 2.51. The van der Waals surface area contributed by atoms with Gasteiger partial charge in [0.15, 0.2) is 0 Å². The standard InChI is InChI=1S/C9H15NO2/c1-5-4-6(5)9(12)10-7-2-3-8(7)11/h5-8,11H,2-4H2,1H3,(H,10,12)/t5-,6-,7-,8-/m1/s1. The predicted octanol–water partition coefficient (Wildman–Crippen LogP) is 0.282. The van der Waals surface area contributed by atoms with Crippen LogP contribution in [0.1, 0.15) is 26.2 Å². The molecule has 0 spiro atoms. The zero-order valence-electron chi connectivity index (χ0n) is 7.29. The first-order valence-electron chi connectivity index (χ1n) is 4.67. The Morgan fingerprint density at radius 2 is 2.17 bits per heavy atom. The minimum absolute atomic E-state index is 0.0466. The van der Waals surface area contributed by atoms with Gasteiger partial charge in [-0.25, -0.2) is 0 Å². The summed E-state index contributed by atoms with van der Waals surface area (Å²) >= 11 is 0. The molecule has 68 valence electrons. The Morgan fingerprint density at radius 3 is 2.50 bits per heavy atom. The van der Waals surface area contributed by atoms with Crippen LogP contribution in [0.3, 0.4) is 0 Å². The number of aliphatic hydroxyl groups excluding tert-OH is 1. The average Bonchev–Trinajstić information content (AvgIpc) is 2.75. The highest BCUT2D eigenvalue weighted by atomic mass is 16.3. The summed E-state index contributed by atoms with van der Waals surface area (Å²) in [7, 11) is 0. The maximum atomic E-state index is 11.3. The van der Waals surface area contributed by atoms with E-state index in [1.807, 2.05) is 0 Å². The topological polar surface area (TPSA) is 49.3 Å². The van der Waals surface area contributed by atoms with Crippen molar-refractivity contribution in [2.75, 3.05) is 0 Å². The first-order chi connectivity index (χ1) is 5.68. The Bertz CT molecular complexity index is 205. The quantitative estimate of drug-likeness (QED) is 0.624. The van der Waals surface area contributed by atoms with Gasteiger partial charge in [-0.3, -0.25) is 4.79 Å². The summed E-state index contributed by atoms with van der Waals surface area (Å²) in [4.78, 5) is 11.3. The molecule has 2 aliphatic carbocycles. The Morgan fingerprint density at radius 1 is 1.50 bits per heavy atom. The van der Waals surface area contributed by atoms with Crippen LogP contribution >= 0.6 is 0 Å². The second-order valence-corrected chi connectivity index (χ2v) is 4.08. The van der Waals surface area contributed by atoms with Crippen molar-refractivity contribution in [2.24, 2.45) is 11.8 Å². The number of hydrogen-bond donors (Lipinski definition) is 2. The van der Waals surface area contributed by atoms with Crippen molar-refractivity contribution in [3.05, 3.63) is 0 Å². The van der Waals surface area contributed by atoms with Gasteiger partial charge in [0.25, 0.3) is 0 Å². The third kappa shape index (κ3) is 1.33. The van der Waals surface area contributed by atoms with Crippen molar-refractivity contribution in [1.82, 2.24) is 5.32 Å². The molecule has 1 amide bonds. The first kappa shape index (κ1) is 8.05. The lowest BCUT2D eigenvalue weighted by Crippen LogP contribution is -2.50. The van der Waals surface area contributed by atoms with Gasteiger partial charge in [0, 0.05) is 5.92 Å². The highest BCUT2D eigenvalue weighted by Crippen LogP contribution is 2.38. The van der Waals surface area contributed by atoms with Gasteiger partial charge in [-0.05, 0) is 25.2 Å². The lowest BCUT2D eigenvalue weighted by Gasteiger charge is -2.32. The smallest absolute Gasteiger partial charge is 0.223 e. The highest BCUT2D eigenvalue weighted by molar-refractivity contribution is 5.81. The number of amides is 1. The minimum atomic E-state index is -0.289. The monoisotopic (exact) mass is 169 g/mol. The van der Waals surface area contributed by atoms with Crippen molar-refractivity contribution in [2.45, 2.75) is 38.3 Å². The van der Waals surface area contributed by atoms with Gasteiger partial charge in [-0.1, -0.05) is 6.92 Å². The van der Waals surface area contributed by atoms with E-state index in [1.165, 1.54) is 0 Å². The summed E-state index contributed by atoms with van der Waals surface area (Å²) < 4.78 is 0. The Hall–Kier alpha value is -0.570. The van der Waals surface area contributed by atoms with E-state index >= 15 is 0 Å². The molecule has 2 rings (SSSR count). The largest absolute Gasteiger partial charge is 0.391 e. The van der Waals surface area contributed by atoms with Gasteiger partial charge in [-0.2, -0.15) is 0 Å². The van der Waals surface area contributed by atoms with Crippen LogP contribution in [0.25, 0.3) is 0 Å². The SMILES string of the molecule is C[C@@H]1C[C@H]1C(=O)N[C@@H]1CC[C@H]1O. The number of rotatable bonds is 2. The molecule has 2 saturated carbocycles. The van der Waals surface area contributed by atoms with Crippen LogP contribution in [0.15, 0.2) is 0 Å². The van der Waals surface area contributed by atoms with Crippen LogP contribution in [0.5, 0.6) is 0 Å². The van der Waals surface area contributed by atoms with E-state index in [-0.39, 0.29) is 24.0 Å². The van der Waals surface area contributed by atoms with Crippen molar-refractivity contribution >= 4 is 5.91 Å². The molecule has 0 aromatic heterocycles. The molecule has 3 nitrogen and oxygen atoms in total. The highest BCUT2D eigenvalue weighted by Gasteiger charge is 2.41. The Balaban J connectivity index is 1.76. The van der Waals surface area contributed by atoms with E-state index in [4.69, 9.17) is 0 Å². The molecule has 4 atom stereocenters. The lowest BCUT2D eigenvalue weighted by atomic mass is 9.89. The number of aliphatic hydroxyl groups is 1. The fourth-order valence-corrected chi connectivity index (χ4v) is 1.63. The molecule has 0 aromatic rings. The second-order valence-electron chi connectivity index (χ2n) is 4.08. The van der Waals surface area contributed by atoms with Gasteiger partial charge in [-0.15, -0.1) is 0 Å². The molecule has 2 N–H and O–H groups in total. The first-order valence-corrected chi connectivity index (χ1v) is 4.67. The molecule has 0 aromatic carbocycles. The zero-order valence-corrected chi connectivity index (χ0v) is 7.29. The van der Waals surface area contributed by atoms with Crippen molar-refractivity contribution in [1.29, 1.82) is 0 Å². The Kier molecular flexibility index (Phi) is 1.83. The predicted molar refractivity (Wildman–Crippen MR) is 44.4 cm³/mol. The molecule has 3 heteroatoms. The Labute approximate surface area is 72.2 Å². The van der Waals surface area contributed by atoms with Crippen molar-refractivity contribution in [3.8, 4) is 0 Å². The lowest BCUT2D eigenvalue weighted by molar-refractivity contribution is -0.125. The van der Waals surface area contributed by atoms with E-state index in [0.717, 1.165) is 19.3 Å². The summed E-state index contributed by atoms with van der Waals surface area (Å²) in [5.41, 5.74) is 0. The van der Waals surface area contributed by atoms with Gasteiger partial charge >= 0.3 is 0 Å². The van der Waals surface area contributed by atoms with Crippen molar-refractivity contribution in [3.63, 3.8) is 0 Å². The van der Waals surface area contributed by atoms with Crippen LogP contribution in [0.2, 0.25) is 0 Å². The van der Waals surface area contributed by atoms with E-state index in [1.54, 1.807) is 0 Å². The average molecular weight is 169 g/mol. The molecule has 0 saturated heterocycles. The molecule has 0 bridgehead atoms. The van der Waals surface area contributed by atoms with Crippen LogP contribution < -0.4 is 5.32 Å². The molecular formula is C9H15NO2. The van der Waals surface area contributed by atoms with Crippen LogP contribution in [-0.4, -0.2) is 23.2 Å². The van der Waals surface area contributed by atoms with E-state index in [0.29, 0.717) is 5.92 Å². The van der Waals surface area contributed by atoms with E-state index in [2.05, 4.69) is 12.2 Å². The van der Waals surface area contributed by atoms with Crippen LogP contribution in [0.4, 0.5) is 0 Å². The maximum absolute atomic E-state index is 11.3. The summed E-state index contributed by atoms with van der Waals surface area (Å²) in [5.74, 6) is 0.936. The molecule has 2 fully saturated rings. The fraction of sp³-hybridized carbons (Fsp3) is 0.889. The molecule has 0 radical (unpaired) electrons. The summed E-state index contributed by atoms with van der Waals surface area (Å²) in [6, 6.07) is 0.0466. The molecule has 0 heterocycles. The maximum Gasteiger partial charge on any atom is 0.223 e. The third-order valence-corrected chi connectivity index (χ3v) is 3.01. The zero-order chi connectivity index (χ0) is 8.72. The van der Waals surface area contributed by atoms with Crippen LogP contribution in [0, 0.1) is 11.8 Å². The van der Waals surface area contributed by atoms with Gasteiger partial charge < -0.3 is 10.4 Å². The molecule has 2 aliphatic rings. The fourth-order valence-electron chi connectivity index (χ4n) is 1.63. The number of hydrogen-bond acceptors (Lipinski definition) is 2. The molecule has 0 aliphatic heterocycles. The number of carbonyl (C=O) groups excluding carboxylic acids is 1. The van der Waals surface area contributed by atoms with Gasteiger partial charge in [0.2, 0.25) is 5.91 Å².